The zero-order valence-electron chi connectivity index (χ0n) is 15.8. The van der Waals surface area contributed by atoms with Crippen LogP contribution in [0.2, 0.25) is 0 Å². The number of aromatic hydroxyl groups is 1. The van der Waals surface area contributed by atoms with Crippen molar-refractivity contribution in [2.24, 2.45) is 0 Å². The summed E-state index contributed by atoms with van der Waals surface area (Å²) in [5.74, 6) is -0.938. The molecule has 0 aliphatic rings. The van der Waals surface area contributed by atoms with Crippen LogP contribution in [0.5, 0.6) is 5.75 Å². The van der Waals surface area contributed by atoms with Crippen LogP contribution < -0.4 is 10.8 Å². The highest BCUT2D eigenvalue weighted by Crippen LogP contribution is 2.39. The first kappa shape index (κ1) is 23.9. The minimum absolute atomic E-state index is 0.152. The molecule has 0 saturated heterocycles. The number of phenols is 1. The molecule has 0 spiro atoms. The van der Waals surface area contributed by atoms with E-state index in [9.17, 15) is 14.7 Å². The Morgan fingerprint density at radius 2 is 1.90 bits per heavy atom. The van der Waals surface area contributed by atoms with Gasteiger partial charge in [0.1, 0.15) is 11.9 Å². The number of nitrogens with one attached hydrogen (secondary N) is 2. The Kier molecular flexibility index (Phi) is 9.31. The summed E-state index contributed by atoms with van der Waals surface area (Å²) in [5, 5.41) is 21.9. The van der Waals surface area contributed by atoms with Crippen LogP contribution in [0.15, 0.2) is 63.6 Å². The average molecular weight is 544 g/mol. The molecule has 0 saturated carbocycles. The number of hydrogen-bond donors (Lipinski definition) is 4. The zero-order valence-corrected chi connectivity index (χ0v) is 19.0. The molecular formula is C20H20Br2N2O6. The monoisotopic (exact) mass is 542 g/mol. The number of hydroxylamine groups is 1. The predicted octanol–water partition coefficient (Wildman–Crippen LogP) is 4.67. The van der Waals surface area contributed by atoms with Gasteiger partial charge in [-0.15, -0.1) is 0 Å². The van der Waals surface area contributed by atoms with Gasteiger partial charge in [-0.3, -0.25) is 15.3 Å². The van der Waals surface area contributed by atoms with Crippen molar-refractivity contribution in [2.45, 2.75) is 19.1 Å². The number of phenolic OH excluding ortho intramolecular Hbond substituents is 1. The number of carbonyl (C=O) groups excluding carboxylic acids is 2. The van der Waals surface area contributed by atoms with Crippen LogP contribution in [0.25, 0.3) is 0 Å². The van der Waals surface area contributed by atoms with Crippen molar-refractivity contribution < 1.29 is 29.4 Å². The second-order valence-electron chi connectivity index (χ2n) is 5.90. The van der Waals surface area contributed by atoms with Crippen molar-refractivity contribution in [2.75, 3.05) is 11.9 Å². The van der Waals surface area contributed by atoms with Crippen LogP contribution in [-0.2, 0) is 14.3 Å². The number of amides is 2. The first-order chi connectivity index (χ1) is 14.3. The molecule has 0 aliphatic heterocycles. The summed E-state index contributed by atoms with van der Waals surface area (Å²) in [7, 11) is 0. The lowest BCUT2D eigenvalue weighted by Crippen LogP contribution is -2.28. The molecule has 2 amide bonds. The van der Waals surface area contributed by atoms with Gasteiger partial charge in [0.2, 0.25) is 0 Å². The molecule has 30 heavy (non-hydrogen) atoms. The van der Waals surface area contributed by atoms with Crippen LogP contribution in [0, 0.1) is 0 Å². The van der Waals surface area contributed by atoms with E-state index in [2.05, 4.69) is 37.2 Å². The van der Waals surface area contributed by atoms with Gasteiger partial charge in [0, 0.05) is 28.4 Å². The van der Waals surface area contributed by atoms with Crippen LogP contribution >= 0.6 is 31.9 Å². The normalized spacial score (nSPS) is 12.9. The van der Waals surface area contributed by atoms with Crippen LogP contribution in [0.1, 0.15) is 18.6 Å². The number of ether oxygens (including phenoxy) is 2. The molecule has 2 atom stereocenters. The SMILES string of the molecule is CCO[C@H](/C=C/C(=O)NO)[C@H](OC(=O)Nc1ccccc1)c1cc(Br)cc(Br)c1O. The molecule has 2 aromatic carbocycles. The molecule has 0 fully saturated rings. The third-order valence-corrected chi connectivity index (χ3v) is 4.89. The molecule has 2 rings (SSSR count). The van der Waals surface area contributed by atoms with E-state index in [0.717, 1.165) is 6.08 Å². The zero-order chi connectivity index (χ0) is 22.1. The lowest BCUT2D eigenvalue weighted by molar-refractivity contribution is -0.124. The van der Waals surface area contributed by atoms with E-state index in [-0.39, 0.29) is 17.9 Å². The summed E-state index contributed by atoms with van der Waals surface area (Å²) in [6, 6.07) is 11.9. The highest BCUT2D eigenvalue weighted by Gasteiger charge is 2.30. The van der Waals surface area contributed by atoms with Crippen molar-refractivity contribution in [3.8, 4) is 5.75 Å². The van der Waals surface area contributed by atoms with E-state index in [1.165, 1.54) is 11.6 Å². The molecule has 0 bridgehead atoms. The molecule has 8 nitrogen and oxygen atoms in total. The minimum atomic E-state index is -1.12. The van der Waals surface area contributed by atoms with Gasteiger partial charge in [-0.05, 0) is 53.2 Å². The molecule has 0 heterocycles. The van der Waals surface area contributed by atoms with Gasteiger partial charge < -0.3 is 14.6 Å². The number of anilines is 1. The van der Waals surface area contributed by atoms with Crippen molar-refractivity contribution in [1.82, 2.24) is 5.48 Å². The summed E-state index contributed by atoms with van der Waals surface area (Å²) in [5.41, 5.74) is 2.24. The fraction of sp³-hybridized carbons (Fsp3) is 0.200. The Bertz CT molecular complexity index is 908. The van der Waals surface area contributed by atoms with Crippen LogP contribution in [0.3, 0.4) is 0 Å². The molecule has 0 aromatic heterocycles. The molecule has 160 valence electrons. The predicted molar refractivity (Wildman–Crippen MR) is 117 cm³/mol. The Morgan fingerprint density at radius 3 is 2.53 bits per heavy atom. The van der Waals surface area contributed by atoms with Crippen LogP contribution in [0.4, 0.5) is 10.5 Å². The van der Waals surface area contributed by atoms with Crippen molar-refractivity contribution >= 4 is 49.5 Å². The molecule has 0 radical (unpaired) electrons. The molecule has 10 heteroatoms. The van der Waals surface area contributed by atoms with Crippen molar-refractivity contribution in [3.05, 3.63) is 69.1 Å². The minimum Gasteiger partial charge on any atom is -0.506 e. The Hall–Kier alpha value is -2.40. The van der Waals surface area contributed by atoms with Gasteiger partial charge in [-0.1, -0.05) is 34.1 Å². The smallest absolute Gasteiger partial charge is 0.412 e. The van der Waals surface area contributed by atoms with Crippen molar-refractivity contribution in [3.63, 3.8) is 0 Å². The van der Waals surface area contributed by atoms with Gasteiger partial charge in [-0.2, -0.15) is 0 Å². The van der Waals surface area contributed by atoms with E-state index in [0.29, 0.717) is 14.6 Å². The second kappa shape index (κ2) is 11.7. The molecule has 2 aromatic rings. The van der Waals surface area contributed by atoms with E-state index >= 15 is 0 Å². The number of benzene rings is 2. The standard InChI is InChI=1S/C20H20Br2N2O6/c1-2-29-16(8-9-17(25)24-28)19(14-10-12(21)11-15(22)18(14)26)30-20(27)23-13-6-4-3-5-7-13/h3-11,16,19,26,28H,2H2,1H3,(H,23,27)(H,24,25)/b9-8+/t16-,19-/m1/s1. The Morgan fingerprint density at radius 1 is 1.20 bits per heavy atom. The Balaban J connectivity index is 2.41. The summed E-state index contributed by atoms with van der Waals surface area (Å²) in [6.45, 7) is 1.95. The first-order valence-electron chi connectivity index (χ1n) is 8.80. The average Bonchev–Trinajstić information content (AvgIpc) is 2.72. The van der Waals surface area contributed by atoms with E-state index < -0.39 is 24.2 Å². The third-order valence-electron chi connectivity index (χ3n) is 3.82. The maximum atomic E-state index is 12.5. The lowest BCUT2D eigenvalue weighted by Gasteiger charge is -2.26. The van der Waals surface area contributed by atoms with Gasteiger partial charge in [-0.25, -0.2) is 10.3 Å². The van der Waals surface area contributed by atoms with Gasteiger partial charge in [0.15, 0.2) is 6.10 Å². The molecule has 0 aliphatic carbocycles. The van der Waals surface area contributed by atoms with E-state index in [4.69, 9.17) is 14.7 Å². The number of rotatable bonds is 8. The second-order valence-corrected chi connectivity index (χ2v) is 7.67. The molecular weight excluding hydrogens is 524 g/mol. The first-order valence-corrected chi connectivity index (χ1v) is 10.4. The topological polar surface area (TPSA) is 117 Å². The Labute approximate surface area is 190 Å². The summed E-state index contributed by atoms with van der Waals surface area (Å²) in [6.07, 6.45) is -0.489. The quantitative estimate of drug-likeness (QED) is 0.218. The fourth-order valence-corrected chi connectivity index (χ4v) is 3.81. The van der Waals surface area contributed by atoms with Crippen LogP contribution in [-0.4, -0.2) is 35.0 Å². The van der Waals surface area contributed by atoms with E-state index in [1.54, 1.807) is 49.4 Å². The van der Waals surface area contributed by atoms with E-state index in [1.807, 2.05) is 0 Å². The fourth-order valence-electron chi connectivity index (χ4n) is 2.55. The maximum Gasteiger partial charge on any atom is 0.412 e. The number of halogens is 2. The summed E-state index contributed by atoms with van der Waals surface area (Å²) >= 11 is 6.60. The number of carbonyl (C=O) groups is 2. The largest absolute Gasteiger partial charge is 0.506 e. The highest BCUT2D eigenvalue weighted by atomic mass is 79.9. The van der Waals surface area contributed by atoms with Gasteiger partial charge in [0.25, 0.3) is 5.91 Å². The van der Waals surface area contributed by atoms with Gasteiger partial charge >= 0.3 is 6.09 Å². The number of para-hydroxylation sites is 1. The van der Waals surface area contributed by atoms with Gasteiger partial charge in [0.05, 0.1) is 4.47 Å². The number of hydrogen-bond acceptors (Lipinski definition) is 6. The molecule has 0 unspecified atom stereocenters. The van der Waals surface area contributed by atoms with Crippen molar-refractivity contribution in [1.29, 1.82) is 0 Å². The third kappa shape index (κ3) is 6.84. The maximum absolute atomic E-state index is 12.5. The highest BCUT2D eigenvalue weighted by molar-refractivity contribution is 9.11. The summed E-state index contributed by atoms with van der Waals surface area (Å²) in [4.78, 5) is 24.0. The summed E-state index contributed by atoms with van der Waals surface area (Å²) < 4.78 is 12.2. The molecule has 4 N–H and O–H groups in total. The lowest BCUT2D eigenvalue weighted by atomic mass is 10.0.